The van der Waals surface area contributed by atoms with Crippen LogP contribution in [0, 0.1) is 5.92 Å². The molecule has 2 aromatic rings. The highest BCUT2D eigenvalue weighted by molar-refractivity contribution is 5.81. The lowest BCUT2D eigenvalue weighted by Crippen LogP contribution is -2.47. The smallest absolute Gasteiger partial charge is 0.251 e. The van der Waals surface area contributed by atoms with Crippen molar-refractivity contribution in [1.82, 2.24) is 19.4 Å². The lowest BCUT2D eigenvalue weighted by Gasteiger charge is -2.34. The normalized spacial score (nSPS) is 23.1. The Hall–Kier alpha value is -3.00. The molecule has 0 aliphatic carbocycles. The number of likely N-dealkylation sites (tertiary alicyclic amines) is 1. The van der Waals surface area contributed by atoms with Crippen molar-refractivity contribution in [3.05, 3.63) is 64.8 Å². The summed E-state index contributed by atoms with van der Waals surface area (Å²) >= 11 is 0. The van der Waals surface area contributed by atoms with Crippen molar-refractivity contribution in [3.8, 4) is 0 Å². The van der Waals surface area contributed by atoms with E-state index in [0.717, 1.165) is 12.1 Å². The second-order valence-electron chi connectivity index (χ2n) is 7.97. The monoisotopic (exact) mass is 410 g/mol. The molecule has 0 aromatic carbocycles. The molecular weight excluding hydrogens is 384 g/mol. The molecule has 2 aliphatic rings. The SMILES string of the molecule is CN(Cc1ccccn1)C(=O)C1C[C@@H]2CCN(C(=O)Cn3ccccc3=O)C[C@@H]2O1. The summed E-state index contributed by atoms with van der Waals surface area (Å²) in [7, 11) is 1.76. The van der Waals surface area contributed by atoms with Gasteiger partial charge in [-0.15, -0.1) is 0 Å². The van der Waals surface area contributed by atoms with E-state index in [9.17, 15) is 14.4 Å². The lowest BCUT2D eigenvalue weighted by molar-refractivity contribution is -0.144. The molecule has 3 atom stereocenters. The fourth-order valence-electron chi connectivity index (χ4n) is 4.21. The highest BCUT2D eigenvalue weighted by Crippen LogP contribution is 2.34. The Morgan fingerprint density at radius 2 is 2.07 bits per heavy atom. The molecule has 0 saturated carbocycles. The van der Waals surface area contributed by atoms with Crippen molar-refractivity contribution in [1.29, 1.82) is 0 Å². The molecule has 0 N–H and O–H groups in total. The number of amides is 2. The maximum Gasteiger partial charge on any atom is 0.251 e. The van der Waals surface area contributed by atoms with Gasteiger partial charge in [-0.05, 0) is 37.0 Å². The first-order valence-electron chi connectivity index (χ1n) is 10.2. The molecule has 0 spiro atoms. The van der Waals surface area contributed by atoms with E-state index in [0.29, 0.717) is 26.1 Å². The molecule has 2 aromatic heterocycles. The minimum atomic E-state index is -0.486. The first-order chi connectivity index (χ1) is 14.5. The number of fused-ring (bicyclic) bond motifs is 1. The summed E-state index contributed by atoms with van der Waals surface area (Å²) in [4.78, 5) is 45.0. The van der Waals surface area contributed by atoms with Gasteiger partial charge >= 0.3 is 0 Å². The Labute approximate surface area is 175 Å². The van der Waals surface area contributed by atoms with Crippen LogP contribution < -0.4 is 5.56 Å². The van der Waals surface area contributed by atoms with Gasteiger partial charge in [0, 0.05) is 38.6 Å². The van der Waals surface area contributed by atoms with Crippen molar-refractivity contribution >= 4 is 11.8 Å². The number of hydrogen-bond donors (Lipinski definition) is 0. The number of carbonyl (C=O) groups excluding carboxylic acids is 2. The van der Waals surface area contributed by atoms with E-state index in [-0.39, 0.29) is 35.9 Å². The maximum absolute atomic E-state index is 12.8. The molecule has 2 amide bonds. The van der Waals surface area contributed by atoms with Gasteiger partial charge in [0.2, 0.25) is 5.91 Å². The maximum atomic E-state index is 12.8. The van der Waals surface area contributed by atoms with Crippen molar-refractivity contribution in [2.24, 2.45) is 5.92 Å². The summed E-state index contributed by atoms with van der Waals surface area (Å²) in [5.41, 5.74) is 0.635. The fraction of sp³-hybridized carbons (Fsp3) is 0.455. The van der Waals surface area contributed by atoms with Crippen LogP contribution in [-0.4, -0.2) is 63.5 Å². The zero-order valence-corrected chi connectivity index (χ0v) is 17.0. The minimum absolute atomic E-state index is 0.0201. The molecule has 8 nitrogen and oxygen atoms in total. The van der Waals surface area contributed by atoms with E-state index < -0.39 is 6.10 Å². The summed E-state index contributed by atoms with van der Waals surface area (Å²) in [6.07, 6.45) is 4.17. The molecule has 2 saturated heterocycles. The summed E-state index contributed by atoms with van der Waals surface area (Å²) in [6.45, 7) is 1.53. The molecule has 4 heterocycles. The fourth-order valence-corrected chi connectivity index (χ4v) is 4.21. The van der Waals surface area contributed by atoms with E-state index >= 15 is 0 Å². The average molecular weight is 410 g/mol. The van der Waals surface area contributed by atoms with Crippen LogP contribution in [0.2, 0.25) is 0 Å². The third-order valence-electron chi connectivity index (χ3n) is 5.89. The molecule has 1 unspecified atom stereocenters. The number of ether oxygens (including phenoxy) is 1. The van der Waals surface area contributed by atoms with Crippen LogP contribution >= 0.6 is 0 Å². The summed E-state index contributed by atoms with van der Waals surface area (Å²) in [5, 5.41) is 0. The topological polar surface area (TPSA) is 84.7 Å². The average Bonchev–Trinajstić information content (AvgIpc) is 3.18. The Morgan fingerprint density at radius 1 is 1.23 bits per heavy atom. The first-order valence-corrected chi connectivity index (χ1v) is 10.2. The predicted molar refractivity (Wildman–Crippen MR) is 109 cm³/mol. The standard InChI is InChI=1S/C22H26N4O4/c1-24(13-17-6-2-4-9-23-17)22(29)18-12-16-8-11-26(14-19(16)30-18)21(28)15-25-10-5-3-7-20(25)27/h2-7,9-10,16,18-19H,8,11-15H2,1H3/t16-,18?,19-/m0/s1. The molecule has 8 heteroatoms. The zero-order chi connectivity index (χ0) is 21.1. The second-order valence-corrected chi connectivity index (χ2v) is 7.97. The van der Waals surface area contributed by atoms with Crippen LogP contribution in [0.3, 0.4) is 0 Å². The first kappa shape index (κ1) is 20.3. The van der Waals surface area contributed by atoms with Crippen LogP contribution in [0.15, 0.2) is 53.6 Å². The zero-order valence-electron chi connectivity index (χ0n) is 17.0. The van der Waals surface area contributed by atoms with Gasteiger partial charge in [-0.25, -0.2) is 0 Å². The van der Waals surface area contributed by atoms with E-state index in [1.54, 1.807) is 41.4 Å². The van der Waals surface area contributed by atoms with Gasteiger partial charge in [-0.1, -0.05) is 12.1 Å². The van der Waals surface area contributed by atoms with Gasteiger partial charge in [-0.2, -0.15) is 0 Å². The summed E-state index contributed by atoms with van der Waals surface area (Å²) in [5.74, 6) is 0.113. The van der Waals surface area contributed by atoms with Crippen molar-refractivity contribution in [3.63, 3.8) is 0 Å². The van der Waals surface area contributed by atoms with E-state index in [1.165, 1.54) is 10.6 Å². The van der Waals surface area contributed by atoms with Gasteiger partial charge in [-0.3, -0.25) is 19.4 Å². The highest BCUT2D eigenvalue weighted by Gasteiger charge is 2.43. The quantitative estimate of drug-likeness (QED) is 0.732. The van der Waals surface area contributed by atoms with Crippen LogP contribution in [0.5, 0.6) is 0 Å². The van der Waals surface area contributed by atoms with Gasteiger partial charge in [0.15, 0.2) is 0 Å². The number of carbonyl (C=O) groups is 2. The Balaban J connectivity index is 1.33. The molecule has 2 aliphatic heterocycles. The predicted octanol–water partition coefficient (Wildman–Crippen LogP) is 0.908. The molecule has 0 radical (unpaired) electrons. The number of hydrogen-bond acceptors (Lipinski definition) is 5. The van der Waals surface area contributed by atoms with Gasteiger partial charge in [0.25, 0.3) is 11.5 Å². The number of piperidine rings is 1. The minimum Gasteiger partial charge on any atom is -0.363 e. The van der Waals surface area contributed by atoms with Crippen LogP contribution in [0.1, 0.15) is 18.5 Å². The molecule has 30 heavy (non-hydrogen) atoms. The van der Waals surface area contributed by atoms with Crippen LogP contribution in [0.4, 0.5) is 0 Å². The van der Waals surface area contributed by atoms with Gasteiger partial charge in [0.05, 0.1) is 18.3 Å². The number of likely N-dealkylation sites (N-methyl/N-ethyl adjacent to an activating group) is 1. The number of aromatic nitrogens is 2. The molecule has 2 fully saturated rings. The third-order valence-corrected chi connectivity index (χ3v) is 5.89. The Kier molecular flexibility index (Phi) is 5.94. The molecule has 0 bridgehead atoms. The molecular formula is C22H26N4O4. The summed E-state index contributed by atoms with van der Waals surface area (Å²) < 4.78 is 7.47. The van der Waals surface area contributed by atoms with Crippen molar-refractivity contribution in [2.45, 2.75) is 38.1 Å². The van der Waals surface area contributed by atoms with Crippen molar-refractivity contribution in [2.75, 3.05) is 20.1 Å². The largest absolute Gasteiger partial charge is 0.363 e. The van der Waals surface area contributed by atoms with E-state index in [2.05, 4.69) is 4.98 Å². The van der Waals surface area contributed by atoms with Crippen LogP contribution in [0.25, 0.3) is 0 Å². The number of rotatable bonds is 5. The number of nitrogens with zero attached hydrogens (tertiary/aromatic N) is 4. The molecule has 4 rings (SSSR count). The van der Waals surface area contributed by atoms with Gasteiger partial charge in [0.1, 0.15) is 12.6 Å². The van der Waals surface area contributed by atoms with E-state index in [4.69, 9.17) is 4.74 Å². The van der Waals surface area contributed by atoms with E-state index in [1.807, 2.05) is 18.2 Å². The highest BCUT2D eigenvalue weighted by atomic mass is 16.5. The second kappa shape index (κ2) is 8.79. The lowest BCUT2D eigenvalue weighted by atomic mass is 9.91. The van der Waals surface area contributed by atoms with Gasteiger partial charge < -0.3 is 19.1 Å². The number of pyridine rings is 2. The van der Waals surface area contributed by atoms with Crippen LogP contribution in [-0.2, 0) is 27.4 Å². The summed E-state index contributed by atoms with van der Waals surface area (Å²) in [6, 6.07) is 10.5. The van der Waals surface area contributed by atoms with Crippen molar-refractivity contribution < 1.29 is 14.3 Å². The molecule has 158 valence electrons. The Bertz CT molecular complexity index is 961. The third kappa shape index (κ3) is 4.43. The Morgan fingerprint density at radius 3 is 2.83 bits per heavy atom.